The number of aromatic nitrogens is 1. The molecule has 2 saturated heterocycles. The lowest BCUT2D eigenvalue weighted by Gasteiger charge is -2.45. The van der Waals surface area contributed by atoms with Crippen LogP contribution in [0.1, 0.15) is 44.7 Å². The molecule has 2 bridgehead atoms. The number of amides is 1. The van der Waals surface area contributed by atoms with Crippen molar-refractivity contribution in [3.05, 3.63) is 34.2 Å². The van der Waals surface area contributed by atoms with Crippen molar-refractivity contribution in [2.75, 3.05) is 19.7 Å². The highest BCUT2D eigenvalue weighted by Gasteiger charge is 2.40. The van der Waals surface area contributed by atoms with Gasteiger partial charge in [0, 0.05) is 49.8 Å². The lowest BCUT2D eigenvalue weighted by atomic mass is 9.81. The summed E-state index contributed by atoms with van der Waals surface area (Å²) >= 11 is 0. The number of nitrogens with zero attached hydrogens (tertiary/aromatic N) is 2. The van der Waals surface area contributed by atoms with Crippen molar-refractivity contribution in [1.82, 2.24) is 9.47 Å². The molecule has 5 nitrogen and oxygen atoms in total. The third-order valence-electron chi connectivity index (χ3n) is 5.84. The van der Waals surface area contributed by atoms with Crippen LogP contribution in [0.2, 0.25) is 0 Å². The van der Waals surface area contributed by atoms with Crippen LogP contribution >= 0.6 is 0 Å². The van der Waals surface area contributed by atoms with Gasteiger partial charge in [0.1, 0.15) is 0 Å². The molecule has 0 spiro atoms. The molecule has 4 rings (SSSR count). The van der Waals surface area contributed by atoms with E-state index in [-0.39, 0.29) is 23.0 Å². The molecule has 2 fully saturated rings. The topological polar surface area (TPSA) is 51.5 Å². The SMILES string of the molecule is CC1(C)C[C@H](C(=O)N2C[C@@H]3C[C@H](C2)c2cccc(=O)n2C3)CCO1. The van der Waals surface area contributed by atoms with Gasteiger partial charge < -0.3 is 14.2 Å². The first-order valence-electron chi connectivity index (χ1n) is 9.05. The molecule has 3 aliphatic rings. The Balaban J connectivity index is 1.54. The number of carbonyl (C=O) groups excluding carboxylic acids is 1. The smallest absolute Gasteiger partial charge is 0.250 e. The maximum atomic E-state index is 13.1. The maximum absolute atomic E-state index is 13.1. The van der Waals surface area contributed by atoms with Crippen molar-refractivity contribution in [3.63, 3.8) is 0 Å². The minimum Gasteiger partial charge on any atom is -0.376 e. The first-order chi connectivity index (χ1) is 11.4. The number of likely N-dealkylation sites (tertiary alicyclic amines) is 1. The van der Waals surface area contributed by atoms with E-state index in [1.54, 1.807) is 6.07 Å². The third-order valence-corrected chi connectivity index (χ3v) is 5.84. The molecular weight excluding hydrogens is 304 g/mol. The average Bonchev–Trinajstić information content (AvgIpc) is 2.54. The predicted octanol–water partition coefficient (Wildman–Crippen LogP) is 2.00. The highest BCUT2D eigenvalue weighted by atomic mass is 16.5. The van der Waals surface area contributed by atoms with Crippen LogP contribution in [0.15, 0.2) is 23.0 Å². The van der Waals surface area contributed by atoms with Crippen molar-refractivity contribution < 1.29 is 9.53 Å². The molecule has 0 aliphatic carbocycles. The van der Waals surface area contributed by atoms with Crippen molar-refractivity contribution in [2.24, 2.45) is 11.8 Å². The Bertz CT molecular complexity index is 709. The summed E-state index contributed by atoms with van der Waals surface area (Å²) in [5, 5.41) is 0. The van der Waals surface area contributed by atoms with Crippen LogP contribution in [0.25, 0.3) is 0 Å². The van der Waals surface area contributed by atoms with Crippen LogP contribution < -0.4 is 5.56 Å². The van der Waals surface area contributed by atoms with E-state index in [0.29, 0.717) is 18.4 Å². The fourth-order valence-corrected chi connectivity index (χ4v) is 4.78. The van der Waals surface area contributed by atoms with Crippen molar-refractivity contribution >= 4 is 5.91 Å². The number of rotatable bonds is 1. The van der Waals surface area contributed by atoms with Gasteiger partial charge in [-0.1, -0.05) is 6.07 Å². The Labute approximate surface area is 142 Å². The Morgan fingerprint density at radius 2 is 2.08 bits per heavy atom. The van der Waals surface area contributed by atoms with E-state index < -0.39 is 0 Å². The highest BCUT2D eigenvalue weighted by molar-refractivity contribution is 5.79. The van der Waals surface area contributed by atoms with Gasteiger partial charge >= 0.3 is 0 Å². The lowest BCUT2D eigenvalue weighted by Crippen LogP contribution is -2.52. The van der Waals surface area contributed by atoms with Crippen LogP contribution in [0.3, 0.4) is 0 Å². The van der Waals surface area contributed by atoms with Crippen LogP contribution in [-0.4, -0.2) is 40.7 Å². The third kappa shape index (κ3) is 2.79. The largest absolute Gasteiger partial charge is 0.376 e. The van der Waals surface area contributed by atoms with Gasteiger partial charge in [-0.05, 0) is 45.1 Å². The minimum absolute atomic E-state index is 0.0746. The minimum atomic E-state index is -0.204. The van der Waals surface area contributed by atoms with Gasteiger partial charge in [-0.3, -0.25) is 9.59 Å². The molecule has 1 aromatic rings. The van der Waals surface area contributed by atoms with Crippen LogP contribution in [-0.2, 0) is 16.1 Å². The Morgan fingerprint density at radius 3 is 2.88 bits per heavy atom. The zero-order valence-corrected chi connectivity index (χ0v) is 14.5. The van der Waals surface area contributed by atoms with Gasteiger partial charge in [0.25, 0.3) is 5.56 Å². The molecular formula is C19H26N2O3. The zero-order chi connectivity index (χ0) is 16.9. The first-order valence-corrected chi connectivity index (χ1v) is 9.05. The quantitative estimate of drug-likeness (QED) is 0.791. The molecule has 5 heteroatoms. The van der Waals surface area contributed by atoms with Gasteiger partial charge in [-0.2, -0.15) is 0 Å². The number of fused-ring (bicyclic) bond motifs is 4. The van der Waals surface area contributed by atoms with E-state index in [0.717, 1.165) is 44.6 Å². The molecule has 0 N–H and O–H groups in total. The van der Waals surface area contributed by atoms with Gasteiger partial charge in [0.05, 0.1) is 5.60 Å². The molecule has 0 radical (unpaired) electrons. The summed E-state index contributed by atoms with van der Waals surface area (Å²) in [6.07, 6.45) is 2.71. The summed E-state index contributed by atoms with van der Waals surface area (Å²) in [5.41, 5.74) is 0.987. The van der Waals surface area contributed by atoms with Crippen molar-refractivity contribution in [3.8, 4) is 0 Å². The summed E-state index contributed by atoms with van der Waals surface area (Å²) in [7, 11) is 0. The number of piperidine rings is 1. The maximum Gasteiger partial charge on any atom is 0.250 e. The fourth-order valence-electron chi connectivity index (χ4n) is 4.78. The van der Waals surface area contributed by atoms with Crippen molar-refractivity contribution in [2.45, 2.75) is 51.2 Å². The standard InChI is InChI=1S/C19H26N2O3/c1-19(2)9-14(6-7-24-19)18(23)20-10-13-8-15(12-20)16-4-3-5-17(22)21(16)11-13/h3-5,13-15H,6-12H2,1-2H3/t13-,14+,15+/m0/s1. The molecule has 0 aromatic carbocycles. The second kappa shape index (κ2) is 5.73. The molecule has 24 heavy (non-hydrogen) atoms. The summed E-state index contributed by atoms with van der Waals surface area (Å²) in [5.74, 6) is 1.05. The van der Waals surface area contributed by atoms with Gasteiger partial charge in [-0.15, -0.1) is 0 Å². The normalized spacial score (nSPS) is 31.4. The van der Waals surface area contributed by atoms with E-state index in [1.165, 1.54) is 0 Å². The number of hydrogen-bond acceptors (Lipinski definition) is 3. The van der Waals surface area contributed by atoms with Crippen LogP contribution in [0.5, 0.6) is 0 Å². The Morgan fingerprint density at radius 1 is 1.25 bits per heavy atom. The molecule has 0 unspecified atom stereocenters. The van der Waals surface area contributed by atoms with E-state index in [9.17, 15) is 9.59 Å². The van der Waals surface area contributed by atoms with Crippen LogP contribution in [0.4, 0.5) is 0 Å². The Hall–Kier alpha value is -1.62. The summed E-state index contributed by atoms with van der Waals surface area (Å²) in [6.45, 7) is 7.08. The molecule has 3 atom stereocenters. The van der Waals surface area contributed by atoms with E-state index in [1.807, 2.05) is 16.7 Å². The fraction of sp³-hybridized carbons (Fsp3) is 0.684. The van der Waals surface area contributed by atoms with Gasteiger partial charge in [0.2, 0.25) is 5.91 Å². The van der Waals surface area contributed by atoms with Crippen LogP contribution in [0, 0.1) is 11.8 Å². The molecule has 1 aromatic heterocycles. The van der Waals surface area contributed by atoms with Gasteiger partial charge in [-0.25, -0.2) is 0 Å². The highest BCUT2D eigenvalue weighted by Crippen LogP contribution is 2.37. The van der Waals surface area contributed by atoms with E-state index >= 15 is 0 Å². The van der Waals surface area contributed by atoms with E-state index in [4.69, 9.17) is 4.74 Å². The first kappa shape index (κ1) is 15.9. The number of ether oxygens (including phenoxy) is 1. The second-order valence-corrected chi connectivity index (χ2v) is 8.24. The van der Waals surface area contributed by atoms with Gasteiger partial charge in [0.15, 0.2) is 0 Å². The molecule has 1 amide bonds. The lowest BCUT2D eigenvalue weighted by molar-refractivity contribution is -0.148. The van der Waals surface area contributed by atoms with E-state index in [2.05, 4.69) is 18.7 Å². The molecule has 130 valence electrons. The molecule has 0 saturated carbocycles. The summed E-state index contributed by atoms with van der Waals surface area (Å²) < 4.78 is 7.67. The zero-order valence-electron chi connectivity index (χ0n) is 14.5. The number of pyridine rings is 1. The second-order valence-electron chi connectivity index (χ2n) is 8.24. The summed E-state index contributed by atoms with van der Waals surface area (Å²) in [6, 6.07) is 5.53. The van der Waals surface area contributed by atoms with Crippen molar-refractivity contribution in [1.29, 1.82) is 0 Å². The molecule has 4 heterocycles. The number of carbonyl (C=O) groups is 1. The number of hydrogen-bond donors (Lipinski definition) is 0. The average molecular weight is 330 g/mol. The monoisotopic (exact) mass is 330 g/mol. The predicted molar refractivity (Wildman–Crippen MR) is 90.9 cm³/mol. The Kier molecular flexibility index (Phi) is 3.79. The summed E-state index contributed by atoms with van der Waals surface area (Å²) in [4.78, 5) is 27.2. The molecule has 3 aliphatic heterocycles.